The highest BCUT2D eigenvalue weighted by Gasteiger charge is 2.45. The molecule has 10 nitrogen and oxygen atoms in total. The minimum Gasteiger partial charge on any atom is -0.282 e. The standard InChI is InChI=1S/C17H8ClN3O7S2/c18-8-1-6-12-11(7-8)13(14-15(22)19-17(24)29-14)16(23)20(12)30(27,28)10-4-2-9(3-5-10)21(25)26/h1-7H,(H,19,22,24). The number of nitrogens with zero attached hydrogens (tertiary/aromatic N) is 2. The Bertz CT molecular complexity index is 1300. The number of sulfonamides is 1. The SMILES string of the molecule is O=C1NC(=O)C(=C2C(=O)N(S(=O)(=O)c3ccc([N+](=O)[O-])cc3)c3ccc(Cl)cc32)S1. The van der Waals surface area contributed by atoms with Gasteiger partial charge in [-0.1, -0.05) is 11.6 Å². The molecular formula is C17H8ClN3O7S2. The van der Waals surface area contributed by atoms with E-state index < -0.39 is 32.0 Å². The fourth-order valence-corrected chi connectivity index (χ4v) is 5.36. The Labute approximate surface area is 177 Å². The fraction of sp³-hybridized carbons (Fsp3) is 0. The molecule has 2 aliphatic heterocycles. The maximum absolute atomic E-state index is 13.2. The second-order valence-corrected chi connectivity index (χ2v) is 9.24. The maximum atomic E-state index is 13.2. The van der Waals surface area contributed by atoms with E-state index in [2.05, 4.69) is 0 Å². The molecule has 0 spiro atoms. The number of hydrogen-bond acceptors (Lipinski definition) is 8. The number of amides is 3. The third-order valence-corrected chi connectivity index (χ3v) is 7.10. The number of non-ortho nitro benzene ring substituents is 1. The van der Waals surface area contributed by atoms with Gasteiger partial charge in [0.05, 0.1) is 26.0 Å². The number of hydrogen-bond donors (Lipinski definition) is 1. The van der Waals surface area contributed by atoms with Crippen molar-refractivity contribution in [1.82, 2.24) is 5.32 Å². The third-order valence-electron chi connectivity index (χ3n) is 4.27. The van der Waals surface area contributed by atoms with E-state index in [1.807, 2.05) is 5.32 Å². The molecule has 2 heterocycles. The molecule has 2 aromatic carbocycles. The summed E-state index contributed by atoms with van der Waals surface area (Å²) < 4.78 is 26.9. The zero-order valence-corrected chi connectivity index (χ0v) is 16.9. The molecular weight excluding hydrogens is 458 g/mol. The van der Waals surface area contributed by atoms with Crippen LogP contribution in [0.2, 0.25) is 5.02 Å². The van der Waals surface area contributed by atoms with Gasteiger partial charge in [-0.25, -0.2) is 8.42 Å². The summed E-state index contributed by atoms with van der Waals surface area (Å²) in [6.07, 6.45) is 0. The molecule has 0 bridgehead atoms. The van der Waals surface area contributed by atoms with E-state index in [9.17, 15) is 32.9 Å². The molecule has 1 N–H and O–H groups in total. The highest BCUT2D eigenvalue weighted by molar-refractivity contribution is 8.18. The van der Waals surface area contributed by atoms with Gasteiger partial charge >= 0.3 is 0 Å². The van der Waals surface area contributed by atoms with Gasteiger partial charge in [-0.3, -0.25) is 29.8 Å². The fourth-order valence-electron chi connectivity index (χ4n) is 2.99. The number of fused-ring (bicyclic) bond motifs is 1. The van der Waals surface area contributed by atoms with Crippen LogP contribution in [0.25, 0.3) is 5.57 Å². The molecule has 0 unspecified atom stereocenters. The summed E-state index contributed by atoms with van der Waals surface area (Å²) in [6, 6.07) is 7.98. The van der Waals surface area contributed by atoms with E-state index in [1.165, 1.54) is 18.2 Å². The van der Waals surface area contributed by atoms with Crippen molar-refractivity contribution in [3.05, 3.63) is 68.1 Å². The quantitative estimate of drug-likeness (QED) is 0.414. The number of rotatable bonds is 3. The first-order valence-corrected chi connectivity index (χ1v) is 10.7. The molecule has 2 aromatic rings. The molecule has 13 heteroatoms. The zero-order chi connectivity index (χ0) is 21.8. The van der Waals surface area contributed by atoms with Crippen molar-refractivity contribution >= 4 is 67.4 Å². The molecule has 3 amide bonds. The van der Waals surface area contributed by atoms with Gasteiger partial charge in [-0.05, 0) is 42.1 Å². The molecule has 2 aliphatic rings. The molecule has 152 valence electrons. The van der Waals surface area contributed by atoms with E-state index in [-0.39, 0.29) is 37.3 Å². The summed E-state index contributed by atoms with van der Waals surface area (Å²) in [7, 11) is -4.49. The van der Waals surface area contributed by atoms with Crippen LogP contribution in [-0.4, -0.2) is 30.4 Å². The predicted molar refractivity (Wildman–Crippen MR) is 107 cm³/mol. The first-order valence-electron chi connectivity index (χ1n) is 8.03. The molecule has 0 radical (unpaired) electrons. The number of nitro groups is 1. The van der Waals surface area contributed by atoms with Gasteiger partial charge in [0.2, 0.25) is 0 Å². The topological polar surface area (TPSA) is 144 Å². The van der Waals surface area contributed by atoms with Gasteiger partial charge in [0.15, 0.2) is 0 Å². The minimum absolute atomic E-state index is 0.0574. The average molecular weight is 466 g/mol. The Morgan fingerprint density at radius 2 is 1.73 bits per heavy atom. The number of imide groups is 1. The first kappa shape index (κ1) is 20.1. The number of thioether (sulfide) groups is 1. The number of benzene rings is 2. The smallest absolute Gasteiger partial charge is 0.282 e. The molecule has 30 heavy (non-hydrogen) atoms. The van der Waals surface area contributed by atoms with Crippen LogP contribution >= 0.6 is 23.4 Å². The third kappa shape index (κ3) is 3.05. The van der Waals surface area contributed by atoms with Crippen molar-refractivity contribution in [2.45, 2.75) is 4.90 Å². The van der Waals surface area contributed by atoms with Crippen LogP contribution in [0, 0.1) is 10.1 Å². The van der Waals surface area contributed by atoms with Gasteiger partial charge < -0.3 is 0 Å². The largest absolute Gasteiger partial charge is 0.290 e. The lowest BCUT2D eigenvalue weighted by atomic mass is 10.1. The average Bonchev–Trinajstić information content (AvgIpc) is 3.16. The van der Waals surface area contributed by atoms with Gasteiger partial charge in [0.25, 0.3) is 32.8 Å². The maximum Gasteiger partial charge on any atom is 0.290 e. The van der Waals surface area contributed by atoms with E-state index in [4.69, 9.17) is 11.6 Å². The number of carbonyl (C=O) groups is 3. The van der Waals surface area contributed by atoms with E-state index in [0.717, 1.165) is 24.3 Å². The van der Waals surface area contributed by atoms with Crippen molar-refractivity contribution in [2.75, 3.05) is 4.31 Å². The number of anilines is 1. The molecule has 0 aromatic heterocycles. The summed E-state index contributed by atoms with van der Waals surface area (Å²) >= 11 is 6.47. The first-order chi connectivity index (χ1) is 14.1. The Balaban J connectivity index is 1.90. The second-order valence-electron chi connectivity index (χ2n) is 6.03. The van der Waals surface area contributed by atoms with Crippen molar-refractivity contribution in [2.24, 2.45) is 0 Å². The number of nitrogens with one attached hydrogen (secondary N) is 1. The number of carbonyl (C=O) groups excluding carboxylic acids is 3. The molecule has 0 atom stereocenters. The summed E-state index contributed by atoms with van der Waals surface area (Å²) in [5.74, 6) is -1.87. The Kier molecular flexibility index (Phi) is 4.64. The summed E-state index contributed by atoms with van der Waals surface area (Å²) in [4.78, 5) is 46.3. The second kappa shape index (κ2) is 6.93. The molecule has 4 rings (SSSR count). The number of nitro benzene ring substituents is 1. The van der Waals surface area contributed by atoms with Crippen molar-refractivity contribution in [1.29, 1.82) is 0 Å². The van der Waals surface area contributed by atoms with Crippen molar-refractivity contribution in [3.63, 3.8) is 0 Å². The highest BCUT2D eigenvalue weighted by Crippen LogP contribution is 2.45. The van der Waals surface area contributed by atoms with Crippen LogP contribution in [0.5, 0.6) is 0 Å². The van der Waals surface area contributed by atoms with Crippen LogP contribution in [0.1, 0.15) is 5.56 Å². The lowest BCUT2D eigenvalue weighted by Crippen LogP contribution is -2.34. The van der Waals surface area contributed by atoms with Crippen molar-refractivity contribution < 1.29 is 27.7 Å². The molecule has 1 fully saturated rings. The molecule has 1 saturated heterocycles. The van der Waals surface area contributed by atoms with Gasteiger partial charge in [0.1, 0.15) is 0 Å². The monoisotopic (exact) mass is 465 g/mol. The Morgan fingerprint density at radius 3 is 2.30 bits per heavy atom. The minimum atomic E-state index is -4.49. The van der Waals surface area contributed by atoms with Crippen molar-refractivity contribution in [3.8, 4) is 0 Å². The van der Waals surface area contributed by atoms with E-state index in [1.54, 1.807) is 0 Å². The summed E-state index contributed by atoms with van der Waals surface area (Å²) in [5.41, 5.74) is -0.580. The van der Waals surface area contributed by atoms with Crippen LogP contribution in [0.15, 0.2) is 52.3 Å². The zero-order valence-electron chi connectivity index (χ0n) is 14.5. The van der Waals surface area contributed by atoms with Crippen LogP contribution in [0.4, 0.5) is 16.2 Å². The van der Waals surface area contributed by atoms with E-state index >= 15 is 0 Å². The summed E-state index contributed by atoms with van der Waals surface area (Å²) in [5, 5.41) is 12.3. The van der Waals surface area contributed by atoms with Crippen LogP contribution in [-0.2, 0) is 19.6 Å². The van der Waals surface area contributed by atoms with Crippen LogP contribution in [0.3, 0.4) is 0 Å². The number of halogens is 1. The Morgan fingerprint density at radius 1 is 1.07 bits per heavy atom. The molecule has 0 aliphatic carbocycles. The predicted octanol–water partition coefficient (Wildman–Crippen LogP) is 2.68. The molecule has 0 saturated carbocycles. The van der Waals surface area contributed by atoms with Gasteiger partial charge in [0, 0.05) is 22.7 Å². The lowest BCUT2D eigenvalue weighted by molar-refractivity contribution is -0.384. The highest BCUT2D eigenvalue weighted by atomic mass is 35.5. The van der Waals surface area contributed by atoms with Gasteiger partial charge in [-0.15, -0.1) is 0 Å². The van der Waals surface area contributed by atoms with Crippen LogP contribution < -0.4 is 9.62 Å². The van der Waals surface area contributed by atoms with Gasteiger partial charge in [-0.2, -0.15) is 4.31 Å². The summed E-state index contributed by atoms with van der Waals surface area (Å²) in [6.45, 7) is 0. The normalized spacial score (nSPS) is 18.6. The Hall–Kier alpha value is -3.22. The van der Waals surface area contributed by atoms with E-state index in [0.29, 0.717) is 16.1 Å². The lowest BCUT2D eigenvalue weighted by Gasteiger charge is -2.17.